The number of aryl methyl sites for hydroxylation is 1. The van der Waals surface area contributed by atoms with E-state index in [1.165, 1.54) is 7.11 Å². The zero-order valence-corrected chi connectivity index (χ0v) is 16.8. The van der Waals surface area contributed by atoms with Crippen LogP contribution < -0.4 is 4.74 Å². The molecule has 148 valence electrons. The fourth-order valence-electron chi connectivity index (χ4n) is 4.08. The number of piperidine rings is 1. The first-order valence-electron chi connectivity index (χ1n) is 9.54. The van der Waals surface area contributed by atoms with Crippen LogP contribution >= 0.6 is 0 Å². The summed E-state index contributed by atoms with van der Waals surface area (Å²) in [4.78, 5) is 26.3. The van der Waals surface area contributed by atoms with Gasteiger partial charge in [0.25, 0.3) is 0 Å². The van der Waals surface area contributed by atoms with Crippen LogP contribution in [0.2, 0.25) is 0 Å². The second-order valence-electron chi connectivity index (χ2n) is 8.51. The minimum absolute atomic E-state index is 0.0217. The summed E-state index contributed by atoms with van der Waals surface area (Å²) in [7, 11) is 1.37. The predicted molar refractivity (Wildman–Crippen MR) is 101 cm³/mol. The molecule has 0 N–H and O–H groups in total. The lowest BCUT2D eigenvalue weighted by Crippen LogP contribution is -2.50. The van der Waals surface area contributed by atoms with Crippen molar-refractivity contribution in [3.63, 3.8) is 0 Å². The molecule has 3 atom stereocenters. The van der Waals surface area contributed by atoms with E-state index in [9.17, 15) is 9.59 Å². The Kier molecular flexibility index (Phi) is 5.36. The monoisotopic (exact) mass is 375 g/mol. The van der Waals surface area contributed by atoms with Crippen molar-refractivity contribution in [2.24, 2.45) is 0 Å². The molecule has 2 aliphatic rings. The smallest absolute Gasteiger partial charge is 0.410 e. The highest BCUT2D eigenvalue weighted by molar-refractivity contribution is 5.90. The zero-order chi connectivity index (χ0) is 19.8. The zero-order valence-electron chi connectivity index (χ0n) is 16.8. The van der Waals surface area contributed by atoms with Crippen LogP contribution in [0.25, 0.3) is 0 Å². The lowest BCUT2D eigenvalue weighted by molar-refractivity contribution is -0.00713. The van der Waals surface area contributed by atoms with Gasteiger partial charge >= 0.3 is 12.1 Å². The van der Waals surface area contributed by atoms with Crippen LogP contribution in [-0.2, 0) is 9.47 Å². The maximum atomic E-state index is 12.5. The normalized spacial score (nSPS) is 24.5. The first-order chi connectivity index (χ1) is 12.7. The molecule has 0 saturated carbocycles. The third-order valence-electron chi connectivity index (χ3n) is 5.07. The lowest BCUT2D eigenvalue weighted by Gasteiger charge is -2.39. The van der Waals surface area contributed by atoms with Crippen LogP contribution in [0.1, 0.15) is 62.4 Å². The molecule has 1 aromatic carbocycles. The van der Waals surface area contributed by atoms with Crippen molar-refractivity contribution in [2.45, 2.75) is 77.2 Å². The average molecular weight is 375 g/mol. The van der Waals surface area contributed by atoms with Crippen LogP contribution in [0.15, 0.2) is 18.2 Å². The number of nitrogens with zero attached hydrogens (tertiary/aromatic N) is 1. The minimum atomic E-state index is -0.490. The van der Waals surface area contributed by atoms with Crippen molar-refractivity contribution in [3.05, 3.63) is 29.3 Å². The lowest BCUT2D eigenvalue weighted by atomic mass is 10.00. The highest BCUT2D eigenvalue weighted by Gasteiger charge is 2.45. The molecule has 2 heterocycles. The molecule has 27 heavy (non-hydrogen) atoms. The first-order valence-corrected chi connectivity index (χ1v) is 9.54. The molecule has 2 saturated heterocycles. The van der Waals surface area contributed by atoms with E-state index < -0.39 is 5.60 Å². The molecule has 2 aliphatic heterocycles. The number of benzene rings is 1. The van der Waals surface area contributed by atoms with Gasteiger partial charge in [-0.2, -0.15) is 0 Å². The van der Waals surface area contributed by atoms with Crippen LogP contribution in [0.4, 0.5) is 4.79 Å². The summed E-state index contributed by atoms with van der Waals surface area (Å²) in [6.07, 6.45) is 3.30. The van der Waals surface area contributed by atoms with E-state index in [0.29, 0.717) is 11.3 Å². The Balaban J connectivity index is 1.68. The molecule has 6 nitrogen and oxygen atoms in total. The number of carbonyl (C=O) groups excluding carboxylic acids is 2. The Morgan fingerprint density at radius 1 is 1.07 bits per heavy atom. The molecule has 0 aromatic heterocycles. The van der Waals surface area contributed by atoms with Gasteiger partial charge in [-0.25, -0.2) is 9.59 Å². The van der Waals surface area contributed by atoms with Gasteiger partial charge in [0.05, 0.1) is 12.7 Å². The van der Waals surface area contributed by atoms with Gasteiger partial charge in [0.1, 0.15) is 17.5 Å². The molecule has 2 fully saturated rings. The molecular formula is C21H29NO5. The number of rotatable bonds is 3. The highest BCUT2D eigenvalue weighted by Crippen LogP contribution is 2.38. The SMILES string of the molecule is COC(=O)c1cc(C)cc(OC2C[C@H]3CC[C@@H](C2)N3C(=O)OC(C)(C)C)c1. The minimum Gasteiger partial charge on any atom is -0.490 e. The molecular weight excluding hydrogens is 346 g/mol. The predicted octanol–water partition coefficient (Wildman–Crippen LogP) is 4.09. The van der Waals surface area contributed by atoms with Gasteiger partial charge in [0.2, 0.25) is 0 Å². The molecule has 6 heteroatoms. The number of ether oxygens (including phenoxy) is 3. The third kappa shape index (κ3) is 4.54. The van der Waals surface area contributed by atoms with Gasteiger partial charge in [-0.1, -0.05) is 0 Å². The topological polar surface area (TPSA) is 65.1 Å². The molecule has 0 spiro atoms. The number of fused-ring (bicyclic) bond motifs is 2. The van der Waals surface area contributed by atoms with E-state index in [2.05, 4.69) is 0 Å². The second-order valence-corrected chi connectivity index (χ2v) is 8.51. The maximum absolute atomic E-state index is 12.5. The van der Waals surface area contributed by atoms with Crippen molar-refractivity contribution < 1.29 is 23.8 Å². The Hall–Kier alpha value is -2.24. The number of carbonyl (C=O) groups is 2. The Labute approximate surface area is 160 Å². The quantitative estimate of drug-likeness (QED) is 0.745. The largest absolute Gasteiger partial charge is 0.490 e. The summed E-state index contributed by atoms with van der Waals surface area (Å²) in [5.74, 6) is 0.300. The number of methoxy groups -OCH3 is 1. The van der Waals surface area contributed by atoms with Crippen LogP contribution in [-0.4, -0.2) is 47.9 Å². The second kappa shape index (κ2) is 7.41. The van der Waals surface area contributed by atoms with Crippen molar-refractivity contribution >= 4 is 12.1 Å². The van der Waals surface area contributed by atoms with Gasteiger partial charge < -0.3 is 19.1 Å². The Morgan fingerprint density at radius 3 is 2.26 bits per heavy atom. The van der Waals surface area contributed by atoms with E-state index in [1.54, 1.807) is 12.1 Å². The van der Waals surface area contributed by atoms with E-state index in [1.807, 2.05) is 38.7 Å². The van der Waals surface area contributed by atoms with Crippen molar-refractivity contribution in [3.8, 4) is 5.75 Å². The van der Waals surface area contributed by atoms with Gasteiger partial charge in [0, 0.05) is 24.9 Å². The van der Waals surface area contributed by atoms with Gasteiger partial charge in [-0.05, 0) is 64.3 Å². The van der Waals surface area contributed by atoms with Crippen molar-refractivity contribution in [1.29, 1.82) is 0 Å². The first kappa shape index (κ1) is 19.5. The van der Waals surface area contributed by atoms with Crippen LogP contribution in [0, 0.1) is 6.92 Å². The summed E-state index contributed by atoms with van der Waals surface area (Å²) >= 11 is 0. The van der Waals surface area contributed by atoms with E-state index in [4.69, 9.17) is 14.2 Å². The molecule has 0 radical (unpaired) electrons. The van der Waals surface area contributed by atoms with Crippen molar-refractivity contribution in [1.82, 2.24) is 4.90 Å². The summed E-state index contributed by atoms with van der Waals surface area (Å²) < 4.78 is 16.6. The third-order valence-corrected chi connectivity index (χ3v) is 5.07. The molecule has 1 unspecified atom stereocenters. The molecule has 1 amide bonds. The average Bonchev–Trinajstić information content (AvgIpc) is 2.83. The van der Waals surface area contributed by atoms with E-state index in [0.717, 1.165) is 31.2 Å². The Bertz CT molecular complexity index is 710. The van der Waals surface area contributed by atoms with E-state index in [-0.39, 0.29) is 30.3 Å². The van der Waals surface area contributed by atoms with Crippen LogP contribution in [0.3, 0.4) is 0 Å². The summed E-state index contributed by atoms with van der Waals surface area (Å²) in [5, 5.41) is 0. The maximum Gasteiger partial charge on any atom is 0.410 e. The fraction of sp³-hybridized carbons (Fsp3) is 0.619. The fourth-order valence-corrected chi connectivity index (χ4v) is 4.08. The summed E-state index contributed by atoms with van der Waals surface area (Å²) in [6.45, 7) is 7.59. The summed E-state index contributed by atoms with van der Waals surface area (Å²) in [5.41, 5.74) is 0.944. The molecule has 0 aliphatic carbocycles. The number of esters is 1. The van der Waals surface area contributed by atoms with Gasteiger partial charge in [-0.3, -0.25) is 0 Å². The van der Waals surface area contributed by atoms with Gasteiger partial charge in [0.15, 0.2) is 0 Å². The van der Waals surface area contributed by atoms with Crippen LogP contribution in [0.5, 0.6) is 5.75 Å². The van der Waals surface area contributed by atoms with Gasteiger partial charge in [-0.15, -0.1) is 0 Å². The molecule has 1 aromatic rings. The number of amides is 1. The highest BCUT2D eigenvalue weighted by atomic mass is 16.6. The number of hydrogen-bond donors (Lipinski definition) is 0. The Morgan fingerprint density at radius 2 is 1.70 bits per heavy atom. The molecule has 3 rings (SSSR count). The number of hydrogen-bond acceptors (Lipinski definition) is 5. The standard InChI is InChI=1S/C21H29NO5/c1-13-8-14(19(23)25-5)10-17(9-13)26-18-11-15-6-7-16(12-18)22(15)20(24)27-21(2,3)4/h8-10,15-16,18H,6-7,11-12H2,1-5H3/t15-,16+,18?. The summed E-state index contributed by atoms with van der Waals surface area (Å²) in [6, 6.07) is 5.73. The van der Waals surface area contributed by atoms with Crippen molar-refractivity contribution in [2.75, 3.05) is 7.11 Å². The van der Waals surface area contributed by atoms with E-state index >= 15 is 0 Å². The molecule has 2 bridgehead atoms.